The van der Waals surface area contributed by atoms with E-state index in [-0.39, 0.29) is 16.5 Å². The summed E-state index contributed by atoms with van der Waals surface area (Å²) < 4.78 is 40.0. The Morgan fingerprint density at radius 2 is 1.95 bits per heavy atom. The fraction of sp³-hybridized carbons (Fsp3) is 0.455. The number of ether oxygens (including phenoxy) is 1. The van der Waals surface area contributed by atoms with Crippen LogP contribution in [0.15, 0.2) is 22.7 Å². The largest absolute Gasteiger partial charge is 0.573 e. The van der Waals surface area contributed by atoms with Crippen LogP contribution in [0.3, 0.4) is 0 Å². The lowest BCUT2D eigenvalue weighted by molar-refractivity contribution is -0.274. The topological polar surface area (TPSA) is 49.7 Å². The first-order valence-corrected chi connectivity index (χ1v) is 6.69. The Labute approximate surface area is 121 Å². The summed E-state index contributed by atoms with van der Waals surface area (Å²) in [7, 11) is 0. The number of hydrogen-bond acceptors (Lipinski definition) is 4. The van der Waals surface area contributed by atoms with Crippen LogP contribution in [-0.2, 0) is 0 Å². The molecule has 3 nitrogen and oxygen atoms in total. The first-order chi connectivity index (χ1) is 8.74. The highest BCUT2D eigenvalue weighted by atomic mass is 79.9. The Morgan fingerprint density at radius 1 is 1.32 bits per heavy atom. The van der Waals surface area contributed by atoms with Crippen molar-refractivity contribution in [3.05, 3.63) is 28.2 Å². The molecule has 0 amide bonds. The molecule has 2 N–H and O–H groups in total. The Morgan fingerprint density at radius 3 is 2.42 bits per heavy atom. The Bertz CT molecular complexity index is 428. The van der Waals surface area contributed by atoms with Gasteiger partial charge in [-0.25, -0.2) is 0 Å². The standard InChI is InChI=1S/C11H12BrF3O3S/c12-8-5-6(18-11(13,14)15)1-2-7(8)10(17)9(16)3-4-19/h1-2,5,9-10,16-17,19H,3-4H2. The third kappa shape index (κ3) is 5.21. The molecule has 0 spiro atoms. The molecule has 2 atom stereocenters. The predicted octanol–water partition coefficient (Wildman–Crippen LogP) is 3.06. The first-order valence-electron chi connectivity index (χ1n) is 5.27. The second kappa shape index (κ2) is 6.83. The van der Waals surface area contributed by atoms with Crippen LogP contribution >= 0.6 is 28.6 Å². The molecule has 0 fully saturated rings. The van der Waals surface area contributed by atoms with Gasteiger partial charge in [0.05, 0.1) is 6.10 Å². The van der Waals surface area contributed by atoms with Crippen LogP contribution in [0.1, 0.15) is 18.1 Å². The Kier molecular flexibility index (Phi) is 5.97. The summed E-state index contributed by atoms with van der Waals surface area (Å²) in [4.78, 5) is 0. The number of benzene rings is 1. The summed E-state index contributed by atoms with van der Waals surface area (Å²) in [5.41, 5.74) is 0.281. The average molecular weight is 361 g/mol. The summed E-state index contributed by atoms with van der Waals surface area (Å²) in [5, 5.41) is 19.5. The van der Waals surface area contributed by atoms with Crippen molar-refractivity contribution < 1.29 is 28.1 Å². The zero-order valence-electron chi connectivity index (χ0n) is 9.56. The number of alkyl halides is 3. The zero-order chi connectivity index (χ0) is 14.6. The van der Waals surface area contributed by atoms with E-state index < -0.39 is 24.3 Å². The van der Waals surface area contributed by atoms with Gasteiger partial charge in [0.25, 0.3) is 0 Å². The van der Waals surface area contributed by atoms with Gasteiger partial charge in [-0.15, -0.1) is 13.2 Å². The minimum Gasteiger partial charge on any atom is -0.406 e. The molecule has 108 valence electrons. The number of thiol groups is 1. The van der Waals surface area contributed by atoms with Crippen molar-refractivity contribution in [2.45, 2.75) is 25.0 Å². The van der Waals surface area contributed by atoms with Crippen LogP contribution in [0.4, 0.5) is 13.2 Å². The SMILES string of the molecule is OC(CCS)C(O)c1ccc(OC(F)(F)F)cc1Br. The van der Waals surface area contributed by atoms with Crippen molar-refractivity contribution in [3.8, 4) is 5.75 Å². The van der Waals surface area contributed by atoms with Crippen LogP contribution in [0.2, 0.25) is 0 Å². The number of aliphatic hydroxyl groups excluding tert-OH is 2. The van der Waals surface area contributed by atoms with E-state index in [0.717, 1.165) is 12.1 Å². The van der Waals surface area contributed by atoms with Crippen LogP contribution in [-0.4, -0.2) is 28.4 Å². The molecule has 0 radical (unpaired) electrons. The Hall–Kier alpha value is -0.440. The maximum Gasteiger partial charge on any atom is 0.573 e. The van der Waals surface area contributed by atoms with Gasteiger partial charge in [0.15, 0.2) is 0 Å². The van der Waals surface area contributed by atoms with Gasteiger partial charge >= 0.3 is 6.36 Å². The molecular weight excluding hydrogens is 349 g/mol. The maximum absolute atomic E-state index is 12.0. The van der Waals surface area contributed by atoms with E-state index in [1.807, 2.05) is 0 Å². The van der Waals surface area contributed by atoms with Gasteiger partial charge in [-0.05, 0) is 29.9 Å². The van der Waals surface area contributed by atoms with Crippen LogP contribution in [0.25, 0.3) is 0 Å². The van der Waals surface area contributed by atoms with Gasteiger partial charge in [0, 0.05) is 4.47 Å². The quantitative estimate of drug-likeness (QED) is 0.707. The van der Waals surface area contributed by atoms with Gasteiger partial charge in [-0.3, -0.25) is 0 Å². The lowest BCUT2D eigenvalue weighted by atomic mass is 10.0. The number of rotatable bonds is 5. The molecule has 8 heteroatoms. The highest BCUT2D eigenvalue weighted by molar-refractivity contribution is 9.10. The summed E-state index contributed by atoms with van der Waals surface area (Å²) in [6.45, 7) is 0. The van der Waals surface area contributed by atoms with Crippen molar-refractivity contribution in [1.82, 2.24) is 0 Å². The van der Waals surface area contributed by atoms with Gasteiger partial charge in [-0.1, -0.05) is 22.0 Å². The van der Waals surface area contributed by atoms with Crippen molar-refractivity contribution in [1.29, 1.82) is 0 Å². The molecule has 1 aromatic carbocycles. The smallest absolute Gasteiger partial charge is 0.406 e. The van der Waals surface area contributed by atoms with Crippen LogP contribution < -0.4 is 4.74 Å². The lowest BCUT2D eigenvalue weighted by Gasteiger charge is -2.19. The number of halogens is 4. The second-order valence-electron chi connectivity index (χ2n) is 3.76. The van der Waals surface area contributed by atoms with E-state index in [1.165, 1.54) is 6.07 Å². The third-order valence-electron chi connectivity index (χ3n) is 2.31. The third-order valence-corrected chi connectivity index (χ3v) is 3.26. The minimum atomic E-state index is -4.77. The average Bonchev–Trinajstić information content (AvgIpc) is 2.26. The molecule has 0 aliphatic heterocycles. The zero-order valence-corrected chi connectivity index (χ0v) is 12.0. The summed E-state index contributed by atoms with van der Waals surface area (Å²) in [6.07, 6.45) is -6.76. The van der Waals surface area contributed by atoms with Crippen molar-refractivity contribution in [2.24, 2.45) is 0 Å². The van der Waals surface area contributed by atoms with E-state index in [9.17, 15) is 23.4 Å². The molecule has 1 rings (SSSR count). The molecule has 0 heterocycles. The lowest BCUT2D eigenvalue weighted by Crippen LogP contribution is -2.20. The summed E-state index contributed by atoms with van der Waals surface area (Å²) in [6, 6.07) is 3.42. The molecule has 0 saturated carbocycles. The maximum atomic E-state index is 12.0. The highest BCUT2D eigenvalue weighted by Gasteiger charge is 2.31. The normalized spacial score (nSPS) is 15.1. The van der Waals surface area contributed by atoms with E-state index in [4.69, 9.17) is 0 Å². The van der Waals surface area contributed by atoms with E-state index in [2.05, 4.69) is 33.3 Å². The van der Waals surface area contributed by atoms with Gasteiger partial charge in [0.1, 0.15) is 11.9 Å². The number of aliphatic hydroxyl groups is 2. The van der Waals surface area contributed by atoms with Crippen molar-refractivity contribution in [3.63, 3.8) is 0 Å². The minimum absolute atomic E-state index is 0.222. The van der Waals surface area contributed by atoms with Crippen molar-refractivity contribution >= 4 is 28.6 Å². The fourth-order valence-corrected chi connectivity index (χ4v) is 2.30. The van der Waals surface area contributed by atoms with E-state index in [0.29, 0.717) is 5.75 Å². The molecule has 19 heavy (non-hydrogen) atoms. The molecular formula is C11H12BrF3O3S. The van der Waals surface area contributed by atoms with E-state index in [1.54, 1.807) is 0 Å². The fourth-order valence-electron chi connectivity index (χ4n) is 1.44. The molecule has 0 aliphatic rings. The van der Waals surface area contributed by atoms with Crippen molar-refractivity contribution in [2.75, 3.05) is 5.75 Å². The predicted molar refractivity (Wildman–Crippen MR) is 70.3 cm³/mol. The van der Waals surface area contributed by atoms with E-state index >= 15 is 0 Å². The molecule has 1 aromatic rings. The van der Waals surface area contributed by atoms with Gasteiger partial charge in [0.2, 0.25) is 0 Å². The molecule has 0 saturated heterocycles. The monoisotopic (exact) mass is 360 g/mol. The first kappa shape index (κ1) is 16.6. The Balaban J connectivity index is 2.88. The van der Waals surface area contributed by atoms with Gasteiger partial charge in [-0.2, -0.15) is 12.6 Å². The molecule has 0 bridgehead atoms. The number of hydrogen-bond donors (Lipinski definition) is 3. The molecule has 0 aromatic heterocycles. The highest BCUT2D eigenvalue weighted by Crippen LogP contribution is 2.32. The summed E-state index contributed by atoms with van der Waals surface area (Å²) in [5.74, 6) is -0.0236. The van der Waals surface area contributed by atoms with Crippen LogP contribution in [0.5, 0.6) is 5.75 Å². The molecule has 2 unspecified atom stereocenters. The summed E-state index contributed by atoms with van der Waals surface area (Å²) >= 11 is 6.97. The van der Waals surface area contributed by atoms with Gasteiger partial charge < -0.3 is 14.9 Å². The second-order valence-corrected chi connectivity index (χ2v) is 5.06. The van der Waals surface area contributed by atoms with Crippen LogP contribution in [0, 0.1) is 0 Å². The molecule has 0 aliphatic carbocycles.